The molecule has 4 heterocycles. The Labute approximate surface area is 199 Å². The summed E-state index contributed by atoms with van der Waals surface area (Å²) in [6.45, 7) is 1.49. The molecule has 1 aliphatic rings. The number of fused-ring (bicyclic) bond motifs is 1. The second-order valence-electron chi connectivity index (χ2n) is 8.24. The van der Waals surface area contributed by atoms with Crippen LogP contribution in [0.4, 0.5) is 4.39 Å². The average Bonchev–Trinajstić information content (AvgIpc) is 3.66. The number of nitrogens with zero attached hydrogens (tertiary/aromatic N) is 4. The van der Waals surface area contributed by atoms with Crippen LogP contribution in [0.15, 0.2) is 70.6 Å². The van der Waals surface area contributed by atoms with Gasteiger partial charge in [-0.05, 0) is 43.2 Å². The zero-order valence-corrected chi connectivity index (χ0v) is 19.1. The Balaban J connectivity index is 1.27. The fraction of sp³-hybridized carbons (Fsp3) is 0.240. The van der Waals surface area contributed by atoms with Gasteiger partial charge in [-0.2, -0.15) is 0 Å². The van der Waals surface area contributed by atoms with Crippen molar-refractivity contribution in [3.63, 3.8) is 0 Å². The number of aromatic nitrogens is 5. The lowest BCUT2D eigenvalue weighted by molar-refractivity contribution is 0.0953. The summed E-state index contributed by atoms with van der Waals surface area (Å²) >= 11 is 1.56. The topological polar surface area (TPSA) is 81.8 Å². The average molecular weight is 476 g/mol. The second kappa shape index (κ2) is 9.08. The highest BCUT2D eigenvalue weighted by molar-refractivity contribution is 7.98. The minimum Gasteiger partial charge on any atom is -0.444 e. The van der Waals surface area contributed by atoms with Gasteiger partial charge in [-0.1, -0.05) is 30.0 Å². The number of para-hydroxylation sites is 1. The fourth-order valence-electron chi connectivity index (χ4n) is 4.24. The fourth-order valence-corrected chi connectivity index (χ4v) is 5.07. The first-order valence-electron chi connectivity index (χ1n) is 11.2. The van der Waals surface area contributed by atoms with E-state index in [1.54, 1.807) is 30.2 Å². The first-order chi connectivity index (χ1) is 16.7. The van der Waals surface area contributed by atoms with Gasteiger partial charge in [-0.15, -0.1) is 10.2 Å². The van der Waals surface area contributed by atoms with Crippen molar-refractivity contribution in [1.29, 1.82) is 0 Å². The molecular weight excluding hydrogens is 453 g/mol. The Hall–Kier alpha value is -3.43. The summed E-state index contributed by atoms with van der Waals surface area (Å²) < 4.78 is 26.9. The highest BCUT2D eigenvalue weighted by Gasteiger charge is 2.23. The Morgan fingerprint density at radius 1 is 1.12 bits per heavy atom. The number of H-pyrrole nitrogens is 1. The molecule has 1 N–H and O–H groups in total. The molecular formula is C25H22FN5O2S. The van der Waals surface area contributed by atoms with Crippen LogP contribution >= 0.6 is 11.8 Å². The molecule has 0 bridgehead atoms. The Morgan fingerprint density at radius 2 is 2.00 bits per heavy atom. The van der Waals surface area contributed by atoms with Crippen LogP contribution < -0.4 is 0 Å². The molecule has 9 heteroatoms. The number of benzene rings is 2. The molecule has 0 aliphatic carbocycles. The van der Waals surface area contributed by atoms with Gasteiger partial charge in [0.1, 0.15) is 12.1 Å². The molecule has 34 heavy (non-hydrogen) atoms. The van der Waals surface area contributed by atoms with Gasteiger partial charge in [0.2, 0.25) is 5.89 Å². The third-order valence-corrected chi connectivity index (χ3v) is 6.95. The molecule has 0 radical (unpaired) electrons. The number of hydrogen-bond donors (Lipinski definition) is 1. The molecule has 2 aromatic carbocycles. The van der Waals surface area contributed by atoms with Crippen molar-refractivity contribution >= 4 is 22.7 Å². The minimum absolute atomic E-state index is 0.149. The van der Waals surface area contributed by atoms with E-state index in [-0.39, 0.29) is 11.9 Å². The number of nitrogens with one attached hydrogen (secondary N) is 1. The maximum atomic E-state index is 13.2. The summed E-state index contributed by atoms with van der Waals surface area (Å²) in [5.74, 6) is 1.57. The normalized spacial score (nSPS) is 16.0. The van der Waals surface area contributed by atoms with Gasteiger partial charge < -0.3 is 14.1 Å². The van der Waals surface area contributed by atoms with E-state index in [9.17, 15) is 4.39 Å². The number of thioether (sulfide) groups is 1. The second-order valence-corrected chi connectivity index (χ2v) is 9.18. The van der Waals surface area contributed by atoms with E-state index in [1.807, 2.05) is 18.3 Å². The molecule has 1 fully saturated rings. The predicted molar refractivity (Wildman–Crippen MR) is 128 cm³/mol. The van der Waals surface area contributed by atoms with E-state index in [1.165, 1.54) is 12.1 Å². The SMILES string of the molecule is Fc1ccc(-c2nc(CSc3nnc(-c4c[nH]c5ccccc45)n3CC3CCCO3)co2)cc1. The minimum atomic E-state index is -0.289. The zero-order chi connectivity index (χ0) is 22.9. The van der Waals surface area contributed by atoms with Gasteiger partial charge in [0.25, 0.3) is 0 Å². The van der Waals surface area contributed by atoms with Crippen molar-refractivity contribution in [2.24, 2.45) is 0 Å². The monoisotopic (exact) mass is 475 g/mol. The third-order valence-electron chi connectivity index (χ3n) is 5.95. The van der Waals surface area contributed by atoms with Crippen LogP contribution in [0, 0.1) is 5.82 Å². The van der Waals surface area contributed by atoms with Crippen molar-refractivity contribution in [2.75, 3.05) is 6.61 Å². The summed E-state index contributed by atoms with van der Waals surface area (Å²) in [5, 5.41) is 11.0. The van der Waals surface area contributed by atoms with Gasteiger partial charge in [0.15, 0.2) is 11.0 Å². The number of hydrogen-bond acceptors (Lipinski definition) is 6. The van der Waals surface area contributed by atoms with Crippen molar-refractivity contribution in [3.8, 4) is 22.8 Å². The highest BCUT2D eigenvalue weighted by Crippen LogP contribution is 2.32. The van der Waals surface area contributed by atoms with Gasteiger partial charge in [-0.25, -0.2) is 9.37 Å². The largest absolute Gasteiger partial charge is 0.444 e. The Kier molecular flexibility index (Phi) is 5.64. The van der Waals surface area contributed by atoms with E-state index in [2.05, 4.69) is 36.9 Å². The highest BCUT2D eigenvalue weighted by atomic mass is 32.2. The first-order valence-corrected chi connectivity index (χ1v) is 12.2. The number of halogens is 1. The van der Waals surface area contributed by atoms with Crippen LogP contribution in [0.25, 0.3) is 33.7 Å². The molecule has 6 rings (SSSR count). The molecule has 1 saturated heterocycles. The molecule has 3 aromatic heterocycles. The van der Waals surface area contributed by atoms with E-state index in [0.717, 1.165) is 58.2 Å². The van der Waals surface area contributed by atoms with E-state index >= 15 is 0 Å². The summed E-state index contributed by atoms with van der Waals surface area (Å²) in [4.78, 5) is 7.89. The smallest absolute Gasteiger partial charge is 0.226 e. The summed E-state index contributed by atoms with van der Waals surface area (Å²) in [5.41, 5.74) is 3.60. The van der Waals surface area contributed by atoms with Crippen molar-refractivity contribution in [1.82, 2.24) is 24.7 Å². The molecule has 7 nitrogen and oxygen atoms in total. The number of rotatable bonds is 7. The summed E-state index contributed by atoms with van der Waals surface area (Å²) in [7, 11) is 0. The van der Waals surface area contributed by atoms with E-state index in [0.29, 0.717) is 18.2 Å². The lowest BCUT2D eigenvalue weighted by Gasteiger charge is -2.14. The van der Waals surface area contributed by atoms with E-state index in [4.69, 9.17) is 9.15 Å². The number of oxazole rings is 1. The third kappa shape index (κ3) is 4.12. The Bertz CT molecular complexity index is 1420. The standard InChI is InChI=1S/C25H22FN5O2S/c26-17-9-7-16(8-10-17)24-28-18(14-33-24)15-34-25-30-29-23(31(25)13-19-4-3-11-32-19)21-12-27-22-6-2-1-5-20(21)22/h1-2,5-10,12,14,19,27H,3-4,11,13,15H2. The van der Waals surface area contributed by atoms with Crippen LogP contribution in [0.1, 0.15) is 18.5 Å². The van der Waals surface area contributed by atoms with E-state index < -0.39 is 0 Å². The number of ether oxygens (including phenoxy) is 1. The van der Waals surface area contributed by atoms with Crippen LogP contribution in [0.3, 0.4) is 0 Å². The first kappa shape index (κ1) is 21.1. The maximum absolute atomic E-state index is 13.2. The quantitative estimate of drug-likeness (QED) is 0.305. The van der Waals surface area contributed by atoms with Crippen LogP contribution in [0.2, 0.25) is 0 Å². The van der Waals surface area contributed by atoms with Crippen molar-refractivity contribution < 1.29 is 13.5 Å². The summed E-state index contributed by atoms with van der Waals surface area (Å²) in [6, 6.07) is 14.3. The maximum Gasteiger partial charge on any atom is 0.226 e. The van der Waals surface area contributed by atoms with Gasteiger partial charge >= 0.3 is 0 Å². The van der Waals surface area contributed by atoms with Crippen molar-refractivity contribution in [2.45, 2.75) is 36.4 Å². The van der Waals surface area contributed by atoms with Crippen molar-refractivity contribution in [3.05, 3.63) is 72.5 Å². The molecule has 0 amide bonds. The van der Waals surface area contributed by atoms with Gasteiger partial charge in [-0.3, -0.25) is 4.57 Å². The predicted octanol–water partition coefficient (Wildman–Crippen LogP) is 5.69. The zero-order valence-electron chi connectivity index (χ0n) is 18.3. The van der Waals surface area contributed by atoms with Gasteiger partial charge in [0.05, 0.1) is 18.3 Å². The molecule has 1 unspecified atom stereocenters. The van der Waals surface area contributed by atoms with Crippen LogP contribution in [0.5, 0.6) is 0 Å². The molecule has 0 saturated carbocycles. The number of aromatic amines is 1. The molecule has 1 atom stereocenters. The van der Waals surface area contributed by atoms with Crippen LogP contribution in [-0.4, -0.2) is 37.4 Å². The molecule has 1 aliphatic heterocycles. The van der Waals surface area contributed by atoms with Gasteiger partial charge in [0, 0.05) is 40.6 Å². The molecule has 0 spiro atoms. The lowest BCUT2D eigenvalue weighted by Crippen LogP contribution is -2.16. The lowest BCUT2D eigenvalue weighted by atomic mass is 10.1. The summed E-state index contributed by atoms with van der Waals surface area (Å²) in [6.07, 6.45) is 5.87. The molecule has 172 valence electrons. The molecule has 5 aromatic rings. The Morgan fingerprint density at radius 3 is 2.85 bits per heavy atom. The van der Waals surface area contributed by atoms with Crippen LogP contribution in [-0.2, 0) is 17.0 Å².